The maximum absolute atomic E-state index is 12.2. The third kappa shape index (κ3) is 3.53. The summed E-state index contributed by atoms with van der Waals surface area (Å²) in [6.07, 6.45) is 0. The summed E-state index contributed by atoms with van der Waals surface area (Å²) in [7, 11) is -3.74. The average molecular weight is 354 g/mol. The topological polar surface area (TPSA) is 105 Å². The van der Waals surface area contributed by atoms with Crippen LogP contribution in [0.15, 0.2) is 52.3 Å². The Morgan fingerprint density at radius 1 is 1.09 bits per heavy atom. The van der Waals surface area contributed by atoms with E-state index >= 15 is 0 Å². The molecule has 7 nitrogen and oxygen atoms in total. The van der Waals surface area contributed by atoms with Gasteiger partial charge in [0.15, 0.2) is 11.5 Å². The number of sulfonamides is 1. The van der Waals surface area contributed by atoms with E-state index in [0.717, 1.165) is 5.56 Å². The lowest BCUT2D eigenvalue weighted by Gasteiger charge is -2.09. The zero-order valence-electron chi connectivity index (χ0n) is 11.7. The van der Waals surface area contributed by atoms with E-state index in [1.165, 1.54) is 24.3 Å². The van der Waals surface area contributed by atoms with Crippen LogP contribution < -0.4 is 14.2 Å². The predicted molar refractivity (Wildman–Crippen MR) is 80.2 cm³/mol. The molecule has 0 fully saturated rings. The Balaban J connectivity index is 1.72. The number of fused-ring (bicyclic) bond motifs is 1. The lowest BCUT2D eigenvalue weighted by Crippen LogP contribution is -2.23. The van der Waals surface area contributed by atoms with Crippen LogP contribution in [0, 0.1) is 0 Å². The predicted octanol–water partition coefficient (Wildman–Crippen LogP) is 1.13. The highest BCUT2D eigenvalue weighted by Crippen LogP contribution is 2.32. The first-order valence-corrected chi connectivity index (χ1v) is 9.09. The normalized spacial score (nSPS) is 14.7. The first-order valence-electron chi connectivity index (χ1n) is 6.53. The summed E-state index contributed by atoms with van der Waals surface area (Å²) < 4.78 is 58.8. The van der Waals surface area contributed by atoms with Crippen molar-refractivity contribution in [2.75, 3.05) is 6.79 Å². The molecule has 122 valence electrons. The van der Waals surface area contributed by atoms with Gasteiger partial charge in [-0.1, -0.05) is 6.07 Å². The van der Waals surface area contributed by atoms with E-state index in [1.54, 1.807) is 18.2 Å². The van der Waals surface area contributed by atoms with Gasteiger partial charge in [-0.15, -0.1) is 0 Å². The minimum absolute atomic E-state index is 0.00700. The van der Waals surface area contributed by atoms with E-state index in [4.69, 9.17) is 9.47 Å². The van der Waals surface area contributed by atoms with Crippen molar-refractivity contribution in [2.45, 2.75) is 16.3 Å². The van der Waals surface area contributed by atoms with Crippen molar-refractivity contribution in [3.05, 3.63) is 48.0 Å². The summed E-state index contributed by atoms with van der Waals surface area (Å²) in [4.78, 5) is 0.0205. The first kappa shape index (κ1) is 15.9. The molecule has 0 bridgehead atoms. The largest absolute Gasteiger partial charge is 0.768 e. The third-order valence-corrected chi connectivity index (χ3v) is 5.30. The van der Waals surface area contributed by atoms with Gasteiger partial charge in [0.05, 0.1) is 4.90 Å². The maximum Gasteiger partial charge on any atom is 0.240 e. The van der Waals surface area contributed by atoms with Crippen LogP contribution in [0.2, 0.25) is 0 Å². The molecular weight excluding hydrogens is 342 g/mol. The van der Waals surface area contributed by atoms with Crippen molar-refractivity contribution in [3.63, 3.8) is 0 Å². The van der Waals surface area contributed by atoms with Crippen LogP contribution in [0.5, 0.6) is 11.5 Å². The first-order chi connectivity index (χ1) is 11.0. The number of benzene rings is 2. The Bertz CT molecular complexity index is 848. The Labute approximate surface area is 135 Å². The molecule has 0 radical (unpaired) electrons. The van der Waals surface area contributed by atoms with E-state index in [0.29, 0.717) is 11.5 Å². The average Bonchev–Trinajstić information content (AvgIpc) is 3.01. The fourth-order valence-electron chi connectivity index (χ4n) is 2.04. The fraction of sp³-hybridized carbons (Fsp3) is 0.143. The highest BCUT2D eigenvalue weighted by Gasteiger charge is 2.16. The minimum atomic E-state index is -3.74. The molecule has 0 aliphatic carbocycles. The molecule has 0 spiro atoms. The summed E-state index contributed by atoms with van der Waals surface area (Å²) in [5.74, 6) is 1.20. The van der Waals surface area contributed by atoms with E-state index < -0.39 is 21.1 Å². The van der Waals surface area contributed by atoms with Gasteiger partial charge in [0.2, 0.25) is 16.8 Å². The molecule has 3 rings (SSSR count). The minimum Gasteiger partial charge on any atom is -0.768 e. The number of hydrogen-bond donors (Lipinski definition) is 1. The van der Waals surface area contributed by atoms with E-state index in [9.17, 15) is 17.2 Å². The van der Waals surface area contributed by atoms with Crippen LogP contribution in [0.4, 0.5) is 0 Å². The van der Waals surface area contributed by atoms with E-state index in [2.05, 4.69) is 4.72 Å². The summed E-state index contributed by atoms with van der Waals surface area (Å²) in [5, 5.41) is 0. The molecule has 1 aliphatic rings. The van der Waals surface area contributed by atoms with Gasteiger partial charge < -0.3 is 14.0 Å². The molecule has 23 heavy (non-hydrogen) atoms. The van der Waals surface area contributed by atoms with Crippen LogP contribution >= 0.6 is 0 Å². The summed E-state index contributed by atoms with van der Waals surface area (Å²) in [5.41, 5.74) is 0.718. The summed E-state index contributed by atoms with van der Waals surface area (Å²) in [6.45, 7) is 0.228. The van der Waals surface area contributed by atoms with Gasteiger partial charge in [0, 0.05) is 11.4 Å². The van der Waals surface area contributed by atoms with Crippen LogP contribution in [0.3, 0.4) is 0 Å². The Morgan fingerprint density at radius 3 is 2.48 bits per heavy atom. The number of ether oxygens (including phenoxy) is 2. The molecule has 1 atom stereocenters. The summed E-state index contributed by atoms with van der Waals surface area (Å²) >= 11 is -2.39. The van der Waals surface area contributed by atoms with Gasteiger partial charge in [0.25, 0.3) is 0 Å². The van der Waals surface area contributed by atoms with Gasteiger partial charge >= 0.3 is 0 Å². The van der Waals surface area contributed by atoms with Crippen LogP contribution in [0.1, 0.15) is 5.56 Å². The Hall–Kier alpha value is -1.94. The Kier molecular flexibility index (Phi) is 4.35. The quantitative estimate of drug-likeness (QED) is 0.807. The highest BCUT2D eigenvalue weighted by atomic mass is 32.2. The van der Waals surface area contributed by atoms with Gasteiger partial charge in [-0.3, -0.25) is 4.21 Å². The molecule has 0 aromatic heterocycles. The van der Waals surface area contributed by atoms with Gasteiger partial charge in [0.1, 0.15) is 0 Å². The van der Waals surface area contributed by atoms with Crippen molar-refractivity contribution >= 4 is 21.1 Å². The number of rotatable bonds is 5. The van der Waals surface area contributed by atoms with Crippen molar-refractivity contribution in [3.8, 4) is 11.5 Å². The number of hydrogen-bond acceptors (Lipinski definition) is 6. The van der Waals surface area contributed by atoms with Crippen molar-refractivity contribution in [2.24, 2.45) is 0 Å². The van der Waals surface area contributed by atoms with Gasteiger partial charge in [-0.25, -0.2) is 13.1 Å². The lowest BCUT2D eigenvalue weighted by molar-refractivity contribution is 0.174. The molecule has 0 saturated carbocycles. The maximum atomic E-state index is 12.2. The van der Waals surface area contributed by atoms with Crippen LogP contribution in [0.25, 0.3) is 0 Å². The second-order valence-electron chi connectivity index (χ2n) is 4.72. The third-order valence-electron chi connectivity index (χ3n) is 3.23. The second kappa shape index (κ2) is 6.28. The van der Waals surface area contributed by atoms with Crippen molar-refractivity contribution in [1.82, 2.24) is 4.72 Å². The summed E-state index contributed by atoms with van der Waals surface area (Å²) in [6, 6.07) is 10.1. The smallest absolute Gasteiger partial charge is 0.240 e. The molecule has 1 aliphatic heterocycles. The zero-order chi connectivity index (χ0) is 16.4. The van der Waals surface area contributed by atoms with E-state index in [1.807, 2.05) is 0 Å². The SMILES string of the molecule is O=S([O-])c1ccc(S(=O)(=O)NCc2ccc3c(c2)OCO3)cc1. The van der Waals surface area contributed by atoms with Crippen LogP contribution in [-0.2, 0) is 27.6 Å². The van der Waals surface area contributed by atoms with Gasteiger partial charge in [-0.2, -0.15) is 0 Å². The van der Waals surface area contributed by atoms with E-state index in [-0.39, 0.29) is 23.1 Å². The monoisotopic (exact) mass is 354 g/mol. The molecule has 1 heterocycles. The highest BCUT2D eigenvalue weighted by molar-refractivity contribution is 7.89. The van der Waals surface area contributed by atoms with Crippen molar-refractivity contribution in [1.29, 1.82) is 0 Å². The molecular formula is C14H12NO6S2-. The lowest BCUT2D eigenvalue weighted by atomic mass is 10.2. The molecule has 9 heteroatoms. The van der Waals surface area contributed by atoms with Crippen LogP contribution in [-0.4, -0.2) is 24.0 Å². The molecule has 2 aromatic carbocycles. The van der Waals surface area contributed by atoms with Crippen molar-refractivity contribution < 1.29 is 26.7 Å². The molecule has 0 amide bonds. The molecule has 1 unspecified atom stereocenters. The van der Waals surface area contributed by atoms with Gasteiger partial charge in [-0.05, 0) is 53.0 Å². The molecule has 1 N–H and O–H groups in total. The second-order valence-corrected chi connectivity index (χ2v) is 7.43. The molecule has 2 aromatic rings. The zero-order valence-corrected chi connectivity index (χ0v) is 13.4. The number of nitrogens with one attached hydrogen (secondary N) is 1. The standard InChI is InChI=1S/C14H13NO6S2/c16-22(17)11-2-4-12(5-3-11)23(18,19)15-8-10-1-6-13-14(7-10)21-9-20-13/h1-7,15H,8-9H2,(H,16,17)/p-1. The molecule has 0 saturated heterocycles. The Morgan fingerprint density at radius 2 is 1.78 bits per heavy atom. The fourth-order valence-corrected chi connectivity index (χ4v) is 3.42.